The van der Waals surface area contributed by atoms with Crippen LogP contribution in [-0.4, -0.2) is 134 Å². The molecular weight excluding hydrogens is 877 g/mol. The number of carbonyl (C=O) groups is 6. The van der Waals surface area contributed by atoms with Gasteiger partial charge in [0.15, 0.2) is 0 Å². The number of aryl methyl sites for hydroxylation is 2. The summed E-state index contributed by atoms with van der Waals surface area (Å²) in [5.74, 6) is 5.83. The van der Waals surface area contributed by atoms with Crippen LogP contribution in [0.3, 0.4) is 0 Å². The molecule has 0 unspecified atom stereocenters. The van der Waals surface area contributed by atoms with Gasteiger partial charge in [0.2, 0.25) is 35.4 Å². The molecule has 0 saturated carbocycles. The standard InChI is InChI=1S/C53H70N8O8/c1-8-41(55-7)49(63)59-46(52(66)60-29-15-27-44(60)50(64)56-42-25-13-21-37-19-9-11-23-39(37)42)35(4)68-31-17-18-33(2)32-69-36(5)47(58-48(62)34(3)54-6)53(67)61-30-16-28-45(61)51(65)57-43-26-14-22-38-20-10-12-24-40(38)43/h1,9-12,19-20,23-24,34-36,41-47,54-55H,2,13-16,21-22,25-32H2,3-7H3,(H,56,64)(H,57,65)(H,58,62)(H,59,63)/t34-,35+,36+,41-,42+,43+,44-,45-,46-,47-/m0/s1. The summed E-state index contributed by atoms with van der Waals surface area (Å²) in [5.41, 5.74) is 4.97. The second kappa shape index (κ2) is 25.0. The van der Waals surface area contributed by atoms with Gasteiger partial charge in [-0.25, -0.2) is 0 Å². The van der Waals surface area contributed by atoms with Crippen LogP contribution in [0.15, 0.2) is 60.7 Å². The molecule has 0 aromatic heterocycles. The Morgan fingerprint density at radius 1 is 0.696 bits per heavy atom. The topological polar surface area (TPSA) is 200 Å². The maximum atomic E-state index is 14.3. The molecule has 0 bridgehead atoms. The number of likely N-dealkylation sites (N-methyl/N-ethyl adjacent to an activating group) is 2. The summed E-state index contributed by atoms with van der Waals surface area (Å²) in [4.78, 5) is 85.8. The molecular formula is C53H70N8O8. The van der Waals surface area contributed by atoms with Crippen molar-refractivity contribution in [3.8, 4) is 24.2 Å². The van der Waals surface area contributed by atoms with Gasteiger partial charge < -0.3 is 45.9 Å². The minimum Gasteiger partial charge on any atom is -0.370 e. The van der Waals surface area contributed by atoms with Crippen molar-refractivity contribution in [3.05, 3.63) is 82.9 Å². The van der Waals surface area contributed by atoms with Crippen LogP contribution in [0.5, 0.6) is 0 Å². The van der Waals surface area contributed by atoms with E-state index in [4.69, 9.17) is 15.9 Å². The first-order valence-corrected chi connectivity index (χ1v) is 24.4. The summed E-state index contributed by atoms with van der Waals surface area (Å²) >= 11 is 0. The van der Waals surface area contributed by atoms with Crippen LogP contribution in [0, 0.1) is 24.2 Å². The quantitative estimate of drug-likeness (QED) is 0.114. The van der Waals surface area contributed by atoms with Gasteiger partial charge in [0.05, 0.1) is 36.9 Å². The van der Waals surface area contributed by atoms with Crippen LogP contribution in [0.4, 0.5) is 0 Å². The zero-order chi connectivity index (χ0) is 49.6. The van der Waals surface area contributed by atoms with Crippen molar-refractivity contribution in [2.45, 2.75) is 146 Å². The molecule has 2 aliphatic heterocycles. The number of nitrogens with one attached hydrogen (secondary N) is 6. The van der Waals surface area contributed by atoms with Crippen molar-refractivity contribution < 1.29 is 38.2 Å². The van der Waals surface area contributed by atoms with Gasteiger partial charge in [0.25, 0.3) is 0 Å². The van der Waals surface area contributed by atoms with Crippen molar-refractivity contribution >= 4 is 35.4 Å². The zero-order valence-corrected chi connectivity index (χ0v) is 40.7. The molecule has 0 radical (unpaired) electrons. The second-order valence-corrected chi connectivity index (χ2v) is 18.5. The van der Waals surface area contributed by atoms with E-state index in [1.54, 1.807) is 32.7 Å². The van der Waals surface area contributed by atoms with E-state index in [0.29, 0.717) is 44.3 Å². The highest BCUT2D eigenvalue weighted by atomic mass is 16.5. The lowest BCUT2D eigenvalue weighted by atomic mass is 9.87. The molecule has 2 fully saturated rings. The average Bonchev–Trinajstić information content (AvgIpc) is 4.07. The summed E-state index contributed by atoms with van der Waals surface area (Å²) in [6.07, 6.45) is 11.5. The molecule has 6 amide bonds. The Kier molecular flexibility index (Phi) is 19.0. The number of amides is 6. The number of nitrogens with zero attached hydrogens (tertiary/aromatic N) is 2. The third kappa shape index (κ3) is 13.2. The smallest absolute Gasteiger partial charge is 0.250 e. The van der Waals surface area contributed by atoms with E-state index in [9.17, 15) is 28.8 Å². The van der Waals surface area contributed by atoms with Crippen molar-refractivity contribution in [1.82, 2.24) is 41.7 Å². The van der Waals surface area contributed by atoms with E-state index < -0.39 is 72.1 Å². The van der Waals surface area contributed by atoms with E-state index in [0.717, 1.165) is 49.7 Å². The Morgan fingerprint density at radius 3 is 1.68 bits per heavy atom. The number of carbonyl (C=O) groups excluding carboxylic acids is 6. The molecule has 69 heavy (non-hydrogen) atoms. The number of fused-ring (bicyclic) bond motifs is 2. The predicted octanol–water partition coefficient (Wildman–Crippen LogP) is 2.52. The third-order valence-corrected chi connectivity index (χ3v) is 13.9. The highest BCUT2D eigenvalue weighted by Gasteiger charge is 2.43. The molecule has 6 N–H and O–H groups in total. The van der Waals surface area contributed by atoms with Crippen LogP contribution in [0.2, 0.25) is 0 Å². The first-order valence-electron chi connectivity index (χ1n) is 24.4. The number of rotatable bonds is 19. The van der Waals surface area contributed by atoms with E-state index in [2.05, 4.69) is 68.4 Å². The van der Waals surface area contributed by atoms with Gasteiger partial charge in [-0.3, -0.25) is 34.1 Å². The second-order valence-electron chi connectivity index (χ2n) is 18.5. The van der Waals surface area contributed by atoms with Crippen LogP contribution < -0.4 is 31.9 Å². The first kappa shape index (κ1) is 52.3. The first-order chi connectivity index (χ1) is 33.3. The minimum absolute atomic E-state index is 0.0878. The molecule has 10 atom stereocenters. The van der Waals surface area contributed by atoms with E-state index in [-0.39, 0.29) is 37.1 Å². The Bertz CT molecular complexity index is 2300. The summed E-state index contributed by atoms with van der Waals surface area (Å²) in [6, 6.07) is 10.5. The molecule has 2 aromatic carbocycles. The molecule has 2 aromatic rings. The van der Waals surface area contributed by atoms with Gasteiger partial charge in [-0.1, -0.05) is 72.9 Å². The number of benzene rings is 2. The molecule has 4 aliphatic rings. The molecule has 0 spiro atoms. The number of ether oxygens (including phenoxy) is 2. The summed E-state index contributed by atoms with van der Waals surface area (Å²) in [7, 11) is 3.19. The fraction of sp³-hybridized carbons (Fsp3) is 0.547. The summed E-state index contributed by atoms with van der Waals surface area (Å²) in [6.45, 7) is 9.46. The molecule has 2 heterocycles. The van der Waals surface area contributed by atoms with Gasteiger partial charge in [-0.15, -0.1) is 6.42 Å². The number of hydrogen-bond acceptors (Lipinski definition) is 10. The maximum absolute atomic E-state index is 14.3. The van der Waals surface area contributed by atoms with Gasteiger partial charge in [-0.2, -0.15) is 0 Å². The third-order valence-electron chi connectivity index (χ3n) is 13.9. The summed E-state index contributed by atoms with van der Waals surface area (Å²) < 4.78 is 12.2. The average molecular weight is 947 g/mol. The molecule has 370 valence electrons. The van der Waals surface area contributed by atoms with Crippen LogP contribution in [0.1, 0.15) is 106 Å². The number of hydrogen-bond donors (Lipinski definition) is 6. The minimum atomic E-state index is -1.19. The SMILES string of the molecule is C#C[C@H](NC)C(=O)N[C@H](C(=O)N1CCC[C@H]1C(=O)N[C@@H]1CCCc2ccccc21)[C@@H](C)OCC#CC(=C)CO[C@H](C)[C@H](NC(=O)[C@H](C)NC)C(=O)N1CCC[C@H]1C(=O)N[C@@H]1CCCc2ccccc21. The van der Waals surface area contributed by atoms with E-state index in [1.165, 1.54) is 23.1 Å². The summed E-state index contributed by atoms with van der Waals surface area (Å²) in [5, 5.41) is 17.7. The lowest BCUT2D eigenvalue weighted by Gasteiger charge is -2.33. The largest absolute Gasteiger partial charge is 0.370 e. The van der Waals surface area contributed by atoms with Gasteiger partial charge >= 0.3 is 0 Å². The number of terminal acetylenes is 1. The lowest BCUT2D eigenvalue weighted by Crippen LogP contribution is -2.59. The Labute approximate surface area is 407 Å². The molecule has 16 heteroatoms. The highest BCUT2D eigenvalue weighted by Crippen LogP contribution is 2.32. The Hall–Kier alpha value is -6.04. The van der Waals surface area contributed by atoms with Crippen molar-refractivity contribution in [2.75, 3.05) is 40.4 Å². The Morgan fingerprint density at radius 2 is 1.19 bits per heavy atom. The van der Waals surface area contributed by atoms with E-state index >= 15 is 0 Å². The van der Waals surface area contributed by atoms with Gasteiger partial charge in [-0.05, 0) is 121 Å². The van der Waals surface area contributed by atoms with Crippen molar-refractivity contribution in [3.63, 3.8) is 0 Å². The molecule has 16 nitrogen and oxygen atoms in total. The number of likely N-dealkylation sites (tertiary alicyclic amines) is 2. The molecule has 2 aliphatic carbocycles. The van der Waals surface area contributed by atoms with Crippen molar-refractivity contribution in [2.24, 2.45) is 0 Å². The van der Waals surface area contributed by atoms with Crippen LogP contribution >= 0.6 is 0 Å². The predicted molar refractivity (Wildman–Crippen MR) is 262 cm³/mol. The van der Waals surface area contributed by atoms with Crippen LogP contribution in [-0.2, 0) is 51.1 Å². The van der Waals surface area contributed by atoms with Crippen LogP contribution in [0.25, 0.3) is 0 Å². The normalized spacial score (nSPS) is 22.1. The highest BCUT2D eigenvalue weighted by molar-refractivity contribution is 5.95. The molecule has 6 rings (SSSR count). The lowest BCUT2D eigenvalue weighted by molar-refractivity contribution is -0.145. The van der Waals surface area contributed by atoms with Crippen molar-refractivity contribution in [1.29, 1.82) is 0 Å². The fourth-order valence-corrected chi connectivity index (χ4v) is 9.80. The zero-order valence-electron chi connectivity index (χ0n) is 40.7. The van der Waals surface area contributed by atoms with Gasteiger partial charge in [0.1, 0.15) is 36.8 Å². The maximum Gasteiger partial charge on any atom is 0.250 e. The molecule has 2 saturated heterocycles. The van der Waals surface area contributed by atoms with Gasteiger partial charge in [0, 0.05) is 18.7 Å². The Balaban J connectivity index is 1.06. The van der Waals surface area contributed by atoms with E-state index in [1.807, 2.05) is 36.4 Å². The fourth-order valence-electron chi connectivity index (χ4n) is 9.80. The monoisotopic (exact) mass is 947 g/mol.